The summed E-state index contributed by atoms with van der Waals surface area (Å²) in [7, 11) is 0. The van der Waals surface area contributed by atoms with Crippen molar-refractivity contribution in [3.05, 3.63) is 249 Å². The van der Waals surface area contributed by atoms with E-state index in [1.807, 2.05) is 30.6 Å². The zero-order valence-corrected chi connectivity index (χ0v) is 43.6. The van der Waals surface area contributed by atoms with Crippen LogP contribution in [0.2, 0.25) is 0 Å². The molecular weight excluding hydrogens is 1250 g/mol. The molecule has 2 aliphatic heterocycles. The predicted octanol–water partition coefficient (Wildman–Crippen LogP) is 3.59. The van der Waals surface area contributed by atoms with E-state index in [9.17, 15) is 0 Å². The second-order valence-corrected chi connectivity index (χ2v) is 18.5. The van der Waals surface area contributed by atoms with Crippen LogP contribution in [-0.2, 0) is 42.1 Å². The molecule has 0 aliphatic carbocycles. The van der Waals surface area contributed by atoms with Gasteiger partial charge in [0.05, 0.1) is 0 Å². The SMILES string of the molecule is [Pt+2].[Pt+2].[c-]1c(B(c2[c-]c3c(cc2)c2ccc(B(c4[c-]c5c(cc4)-c4ccccc4B5c4ccccn4)c4ccccc4)[c-]c2n3-c2ncccn2)c2ccccc2)ccc2c1B(c1ccccn1)c1ccccc1-2. The first kappa shape index (κ1) is 46.6. The Balaban J connectivity index is 0.00000271. The Hall–Kier alpha value is -7.42. The standard InChI is InChI=1S/C62H37B4N5.2Pt/c1-3-16-42(17-4-1)63(44-26-30-50-48-20-7-9-22-54(48)65(56(50)38-44)60-24-11-13-34-67-60)46-28-32-52-53-33-29-47(41-59(53)71(58(52)40-46)62-69-36-15-37-70-62)64(43-18-5-2-6-19-43)45-27-31-51-49-21-8-10-23-55(49)66(57(51)39-45)61-25-12-14-35-68-61;;/h1-37H;;/q-4;2*+2. The van der Waals surface area contributed by atoms with Crippen LogP contribution in [0.4, 0.5) is 0 Å². The quantitative estimate of drug-likeness (QED) is 0.164. The molecule has 0 radical (unpaired) electrons. The molecule has 0 atom stereocenters. The van der Waals surface area contributed by atoms with E-state index in [1.165, 1.54) is 33.2 Å². The van der Waals surface area contributed by atoms with Gasteiger partial charge in [0.2, 0.25) is 19.4 Å². The van der Waals surface area contributed by atoms with E-state index in [0.29, 0.717) is 5.95 Å². The van der Waals surface area contributed by atoms with Crippen molar-refractivity contribution in [3.8, 4) is 28.2 Å². The Kier molecular flexibility index (Phi) is 12.5. The maximum atomic E-state index is 4.88. The van der Waals surface area contributed by atoms with Crippen LogP contribution in [0.1, 0.15) is 0 Å². The molecule has 0 unspecified atom stereocenters. The second kappa shape index (κ2) is 19.5. The third-order valence-electron chi connectivity index (χ3n) is 14.6. The Morgan fingerprint density at radius 2 is 0.740 bits per heavy atom. The molecule has 2 aliphatic rings. The number of rotatable bonds is 9. The maximum absolute atomic E-state index is 4.88. The summed E-state index contributed by atoms with van der Waals surface area (Å²) in [4.78, 5) is 19.5. The monoisotopic (exact) mass is 1290 g/mol. The molecule has 8 aromatic carbocycles. The average Bonchev–Trinajstić information content (AvgIpc) is 4.07. The van der Waals surface area contributed by atoms with E-state index in [2.05, 4.69) is 211 Å². The molecule has 0 spiro atoms. The number of fused-ring (bicyclic) bond motifs is 9. The Morgan fingerprint density at radius 1 is 0.342 bits per heavy atom. The van der Waals surface area contributed by atoms with Gasteiger partial charge in [-0.05, 0) is 30.3 Å². The van der Waals surface area contributed by atoms with Crippen molar-refractivity contribution in [3.63, 3.8) is 0 Å². The van der Waals surface area contributed by atoms with Crippen LogP contribution < -0.4 is 65.8 Å². The van der Waals surface area contributed by atoms with Gasteiger partial charge in [-0.15, -0.1) is 11.1 Å². The zero-order chi connectivity index (χ0) is 46.8. The second-order valence-electron chi connectivity index (χ2n) is 18.5. The van der Waals surface area contributed by atoms with Gasteiger partial charge < -0.3 is 4.57 Å². The fourth-order valence-electron chi connectivity index (χ4n) is 11.5. The topological polar surface area (TPSA) is 56.5 Å². The molecule has 0 bridgehead atoms. The molecule has 342 valence electrons. The van der Waals surface area contributed by atoms with E-state index in [4.69, 9.17) is 19.9 Å². The van der Waals surface area contributed by atoms with E-state index in [0.717, 1.165) is 76.7 Å². The summed E-state index contributed by atoms with van der Waals surface area (Å²) < 4.78 is 2.14. The van der Waals surface area contributed by atoms with Gasteiger partial charge in [-0.1, -0.05) is 165 Å². The van der Waals surface area contributed by atoms with E-state index >= 15 is 0 Å². The van der Waals surface area contributed by atoms with Crippen LogP contribution in [-0.4, -0.2) is 51.4 Å². The summed E-state index contributed by atoms with van der Waals surface area (Å²) >= 11 is 0. The van der Waals surface area contributed by atoms with Crippen LogP contribution in [0.3, 0.4) is 0 Å². The molecule has 6 heterocycles. The molecule has 0 N–H and O–H groups in total. The number of aromatic nitrogens is 5. The minimum atomic E-state index is -0.180. The van der Waals surface area contributed by atoms with E-state index < -0.39 is 0 Å². The van der Waals surface area contributed by atoms with Crippen molar-refractivity contribution in [1.29, 1.82) is 0 Å². The summed E-state index contributed by atoms with van der Waals surface area (Å²) in [5, 5.41) is 2.09. The number of hydrogen-bond acceptors (Lipinski definition) is 4. The first-order valence-electron chi connectivity index (χ1n) is 24.2. The molecule has 0 saturated heterocycles. The van der Waals surface area contributed by atoms with Crippen molar-refractivity contribution in [2.24, 2.45) is 0 Å². The van der Waals surface area contributed by atoms with Gasteiger partial charge in [0.25, 0.3) is 0 Å². The maximum Gasteiger partial charge on any atom is 2.00 e. The van der Waals surface area contributed by atoms with Crippen LogP contribution in [0.25, 0.3) is 50.0 Å². The van der Waals surface area contributed by atoms with Crippen molar-refractivity contribution in [2.45, 2.75) is 0 Å². The Labute approximate surface area is 455 Å². The normalized spacial score (nSPS) is 11.8. The first-order chi connectivity index (χ1) is 35.2. The summed E-state index contributed by atoms with van der Waals surface area (Å²) in [6.45, 7) is -0.415. The molecule has 0 fully saturated rings. The fourth-order valence-corrected chi connectivity index (χ4v) is 11.5. The van der Waals surface area contributed by atoms with Crippen LogP contribution in [0.5, 0.6) is 0 Å². The van der Waals surface area contributed by atoms with E-state index in [1.54, 1.807) is 12.4 Å². The largest absolute Gasteiger partial charge is 2.00 e. The molecule has 4 aromatic heterocycles. The van der Waals surface area contributed by atoms with Crippen molar-refractivity contribution < 1.29 is 42.1 Å². The van der Waals surface area contributed by atoms with Gasteiger partial charge >= 0.3 is 42.1 Å². The Morgan fingerprint density at radius 3 is 1.19 bits per heavy atom. The van der Waals surface area contributed by atoms with Gasteiger partial charge in [-0.2, -0.15) is 116 Å². The Bertz CT molecular complexity index is 3740. The first-order valence-corrected chi connectivity index (χ1v) is 24.2. The van der Waals surface area contributed by atoms with Crippen molar-refractivity contribution >= 4 is 114 Å². The van der Waals surface area contributed by atoms with Crippen molar-refractivity contribution in [2.75, 3.05) is 0 Å². The summed E-state index contributed by atoms with van der Waals surface area (Å²) in [5.74, 6) is 0.557. The number of nitrogens with zero attached hydrogens (tertiary/aromatic N) is 5. The summed E-state index contributed by atoms with van der Waals surface area (Å²) in [6.07, 6.45) is 7.38. The van der Waals surface area contributed by atoms with Crippen molar-refractivity contribution in [1.82, 2.24) is 24.5 Å². The molecule has 0 saturated carbocycles. The zero-order valence-electron chi connectivity index (χ0n) is 39.0. The van der Waals surface area contributed by atoms with Gasteiger partial charge in [0.1, 0.15) is 0 Å². The van der Waals surface area contributed by atoms with Crippen LogP contribution >= 0.6 is 0 Å². The molecule has 14 rings (SSSR count). The molecule has 5 nitrogen and oxygen atoms in total. The van der Waals surface area contributed by atoms with Crippen LogP contribution in [0, 0.1) is 24.3 Å². The van der Waals surface area contributed by atoms with Gasteiger partial charge in [0.15, 0.2) is 13.4 Å². The molecule has 73 heavy (non-hydrogen) atoms. The third kappa shape index (κ3) is 7.93. The molecule has 0 amide bonds. The van der Waals surface area contributed by atoms with Gasteiger partial charge in [-0.25, -0.2) is 9.97 Å². The molecule has 12 aromatic rings. The smallest absolute Gasteiger partial charge is 0.328 e. The van der Waals surface area contributed by atoms with Gasteiger partial charge in [0, 0.05) is 36.0 Å². The predicted molar refractivity (Wildman–Crippen MR) is 295 cm³/mol. The van der Waals surface area contributed by atoms with Gasteiger partial charge in [-0.3, -0.25) is 9.97 Å². The minimum Gasteiger partial charge on any atom is -0.328 e. The molecular formula is C62H37B4N5Pt2. The average molecular weight is 1290 g/mol. The third-order valence-corrected chi connectivity index (χ3v) is 14.6. The fraction of sp³-hybridized carbons (Fsp3) is 0. The number of pyridine rings is 2. The van der Waals surface area contributed by atoms with Crippen LogP contribution in [0.15, 0.2) is 225 Å². The minimum absolute atomic E-state index is 0. The summed E-state index contributed by atoms with van der Waals surface area (Å²) in [5.41, 5.74) is 19.9. The summed E-state index contributed by atoms with van der Waals surface area (Å²) in [6, 6.07) is 87.1. The van der Waals surface area contributed by atoms with E-state index in [-0.39, 0.29) is 69.0 Å². The number of hydrogen-bond donors (Lipinski definition) is 0. The molecule has 11 heteroatoms. The number of benzene rings is 8.